The Morgan fingerprint density at radius 3 is 2.50 bits per heavy atom. The van der Waals surface area contributed by atoms with Gasteiger partial charge in [0.1, 0.15) is 11.6 Å². The number of fused-ring (bicyclic) bond motifs is 2. The third-order valence-electron chi connectivity index (χ3n) is 6.87. The first-order valence-electron chi connectivity index (χ1n) is 11.8. The van der Waals surface area contributed by atoms with Crippen LogP contribution in [-0.2, 0) is 13.5 Å². The summed E-state index contributed by atoms with van der Waals surface area (Å²) >= 11 is 0. The van der Waals surface area contributed by atoms with Crippen LogP contribution in [0, 0.1) is 25.5 Å². The summed E-state index contributed by atoms with van der Waals surface area (Å²) in [4.78, 5) is 13.7. The van der Waals surface area contributed by atoms with Crippen LogP contribution in [-0.4, -0.2) is 35.2 Å². The molecule has 0 bridgehead atoms. The van der Waals surface area contributed by atoms with E-state index in [1.54, 1.807) is 68.4 Å². The Balaban J connectivity index is 1.59. The maximum Gasteiger partial charge on any atom is 0.338 e. The van der Waals surface area contributed by atoms with Gasteiger partial charge in [-0.05, 0) is 56.2 Å². The minimum atomic E-state index is -0.518. The number of nitrogens with zero attached hydrogens (tertiary/aromatic N) is 6. The molecule has 0 fully saturated rings. The molecule has 0 unspecified atom stereocenters. The van der Waals surface area contributed by atoms with E-state index in [9.17, 15) is 9.18 Å². The van der Waals surface area contributed by atoms with E-state index < -0.39 is 11.5 Å². The van der Waals surface area contributed by atoms with Crippen LogP contribution in [0.1, 0.15) is 35.3 Å². The Labute approximate surface area is 205 Å². The summed E-state index contributed by atoms with van der Waals surface area (Å²) in [5, 5.41) is 12.9. The molecule has 0 amide bonds. The van der Waals surface area contributed by atoms with Crippen molar-refractivity contribution in [2.24, 2.45) is 7.05 Å². The average molecular weight is 490 g/mol. The van der Waals surface area contributed by atoms with E-state index in [2.05, 4.69) is 10.4 Å². The van der Waals surface area contributed by atoms with Crippen molar-refractivity contribution in [2.45, 2.75) is 33.2 Å². The molecule has 1 atom stereocenters. The van der Waals surface area contributed by atoms with E-state index in [-0.39, 0.29) is 17.5 Å². The van der Waals surface area contributed by atoms with Gasteiger partial charge in [0, 0.05) is 50.2 Å². The summed E-state index contributed by atoms with van der Waals surface area (Å²) in [6.45, 7) is 6.20. The Kier molecular flexibility index (Phi) is 4.97. The molecule has 1 aliphatic rings. The van der Waals surface area contributed by atoms with Gasteiger partial charge >= 0.3 is 5.69 Å². The van der Waals surface area contributed by atoms with Gasteiger partial charge in [0.05, 0.1) is 28.0 Å². The first kappa shape index (κ1) is 22.4. The monoisotopic (exact) mass is 489 g/mol. The summed E-state index contributed by atoms with van der Waals surface area (Å²) in [6.07, 6.45) is 5.46. The highest BCUT2D eigenvalue weighted by atomic mass is 19.1. The molecular formula is C26H25F2N7O. The second kappa shape index (κ2) is 7.99. The van der Waals surface area contributed by atoms with E-state index in [0.717, 1.165) is 17.8 Å². The molecule has 10 heteroatoms. The molecule has 184 valence electrons. The number of hydrogen-bond donors (Lipinski definition) is 1. The molecule has 3 aromatic heterocycles. The number of benzene rings is 2. The van der Waals surface area contributed by atoms with Gasteiger partial charge in [-0.15, -0.1) is 0 Å². The molecule has 36 heavy (non-hydrogen) atoms. The minimum Gasteiger partial charge on any atom is -0.310 e. The Morgan fingerprint density at radius 2 is 1.75 bits per heavy atom. The van der Waals surface area contributed by atoms with Crippen LogP contribution in [0.5, 0.6) is 0 Å². The SMILES string of the molecule is Cc1cc(-n2nc3c(c2-n2ccn(-c4ccc5nn(C)cc5c4F)c2=O)[C@H](C)NCC3)cc(C)c1F. The van der Waals surface area contributed by atoms with Gasteiger partial charge in [-0.2, -0.15) is 10.2 Å². The quantitative estimate of drug-likeness (QED) is 0.418. The second-order valence-electron chi connectivity index (χ2n) is 9.37. The topological polar surface area (TPSA) is 74.6 Å². The lowest BCUT2D eigenvalue weighted by molar-refractivity contribution is 0.536. The average Bonchev–Trinajstić information content (AvgIpc) is 3.52. The summed E-state index contributed by atoms with van der Waals surface area (Å²) in [6, 6.07) is 6.64. The standard InChI is InChI=1S/C26H25F2N7O/c1-14-11-17(12-15(2)23(14)27)35-25(22-16(3)29-8-7-20(22)31-35)34-10-9-33(26(34)36)21-6-5-19-18(24(21)28)13-32(4)30-19/h5-6,9-13,16,29H,7-8H2,1-4H3/t16-/m0/s1. The van der Waals surface area contributed by atoms with Crippen LogP contribution in [0.3, 0.4) is 0 Å². The molecule has 0 saturated carbocycles. The largest absolute Gasteiger partial charge is 0.338 e. The highest BCUT2D eigenvalue weighted by molar-refractivity contribution is 5.81. The molecule has 4 heterocycles. The molecule has 1 aliphatic heterocycles. The van der Waals surface area contributed by atoms with Crippen molar-refractivity contribution in [2.75, 3.05) is 6.54 Å². The number of rotatable bonds is 3. The smallest absolute Gasteiger partial charge is 0.310 e. The van der Waals surface area contributed by atoms with Crippen molar-refractivity contribution in [1.82, 2.24) is 34.0 Å². The van der Waals surface area contributed by atoms with Crippen LogP contribution < -0.4 is 11.0 Å². The lowest BCUT2D eigenvalue weighted by Gasteiger charge is -2.21. The summed E-state index contributed by atoms with van der Waals surface area (Å²) in [5.41, 5.74) is 3.63. The minimum absolute atomic E-state index is 0.0566. The predicted octanol–water partition coefficient (Wildman–Crippen LogP) is 3.80. The van der Waals surface area contributed by atoms with Gasteiger partial charge in [-0.3, -0.25) is 13.8 Å². The maximum absolute atomic E-state index is 15.4. The van der Waals surface area contributed by atoms with Crippen molar-refractivity contribution < 1.29 is 8.78 Å². The van der Waals surface area contributed by atoms with Gasteiger partial charge in [-0.25, -0.2) is 18.3 Å². The van der Waals surface area contributed by atoms with Crippen LogP contribution in [0.4, 0.5) is 8.78 Å². The Bertz CT molecular complexity index is 1700. The zero-order chi connectivity index (χ0) is 25.3. The third-order valence-corrected chi connectivity index (χ3v) is 6.87. The lowest BCUT2D eigenvalue weighted by atomic mass is 10.0. The van der Waals surface area contributed by atoms with Crippen LogP contribution in [0.2, 0.25) is 0 Å². The molecule has 0 saturated heterocycles. The highest BCUT2D eigenvalue weighted by Crippen LogP contribution is 2.31. The summed E-state index contributed by atoms with van der Waals surface area (Å²) < 4.78 is 35.8. The predicted molar refractivity (Wildman–Crippen MR) is 132 cm³/mol. The summed E-state index contributed by atoms with van der Waals surface area (Å²) in [7, 11) is 1.72. The number of nitrogens with one attached hydrogen (secondary N) is 1. The van der Waals surface area contributed by atoms with E-state index in [4.69, 9.17) is 5.10 Å². The fraction of sp³-hybridized carbons (Fsp3) is 0.269. The molecule has 8 nitrogen and oxygen atoms in total. The number of aryl methyl sites for hydroxylation is 3. The fourth-order valence-electron chi connectivity index (χ4n) is 5.13. The van der Waals surface area contributed by atoms with Crippen molar-refractivity contribution in [3.63, 3.8) is 0 Å². The molecule has 0 radical (unpaired) electrons. The zero-order valence-electron chi connectivity index (χ0n) is 20.4. The summed E-state index contributed by atoms with van der Waals surface area (Å²) in [5.74, 6) is -0.227. The molecule has 5 aromatic rings. The fourth-order valence-corrected chi connectivity index (χ4v) is 5.13. The first-order valence-corrected chi connectivity index (χ1v) is 11.8. The van der Waals surface area contributed by atoms with Crippen molar-refractivity contribution >= 4 is 10.9 Å². The first-order chi connectivity index (χ1) is 17.2. The maximum atomic E-state index is 15.4. The van der Waals surface area contributed by atoms with E-state index in [0.29, 0.717) is 40.0 Å². The highest BCUT2D eigenvalue weighted by Gasteiger charge is 2.29. The van der Waals surface area contributed by atoms with Crippen molar-refractivity contribution in [3.8, 4) is 17.2 Å². The third kappa shape index (κ3) is 3.25. The normalized spacial score (nSPS) is 15.6. The van der Waals surface area contributed by atoms with Crippen LogP contribution in [0.15, 0.2) is 47.7 Å². The van der Waals surface area contributed by atoms with Gasteiger partial charge in [-0.1, -0.05) is 0 Å². The molecular weight excluding hydrogens is 464 g/mol. The number of halogens is 2. The number of hydrogen-bond acceptors (Lipinski definition) is 4. The van der Waals surface area contributed by atoms with Crippen molar-refractivity contribution in [3.05, 3.63) is 87.4 Å². The molecule has 6 rings (SSSR count). The second-order valence-corrected chi connectivity index (χ2v) is 9.37. The Hall–Kier alpha value is -4.05. The van der Waals surface area contributed by atoms with E-state index in [1.165, 1.54) is 13.8 Å². The lowest BCUT2D eigenvalue weighted by Crippen LogP contribution is -2.30. The number of aromatic nitrogens is 6. The van der Waals surface area contributed by atoms with E-state index >= 15 is 4.39 Å². The van der Waals surface area contributed by atoms with Gasteiger partial charge in [0.15, 0.2) is 5.82 Å². The van der Waals surface area contributed by atoms with Crippen LogP contribution >= 0.6 is 0 Å². The van der Waals surface area contributed by atoms with Gasteiger partial charge in [0.2, 0.25) is 0 Å². The van der Waals surface area contributed by atoms with E-state index in [1.807, 2.05) is 6.92 Å². The molecule has 1 N–H and O–H groups in total. The Morgan fingerprint density at radius 1 is 1.03 bits per heavy atom. The molecule has 0 aliphatic carbocycles. The van der Waals surface area contributed by atoms with Crippen LogP contribution in [0.25, 0.3) is 28.1 Å². The zero-order valence-corrected chi connectivity index (χ0v) is 20.4. The molecule has 2 aromatic carbocycles. The van der Waals surface area contributed by atoms with Crippen molar-refractivity contribution in [1.29, 1.82) is 0 Å². The van der Waals surface area contributed by atoms with Gasteiger partial charge in [0.25, 0.3) is 0 Å². The number of imidazole rings is 1. The molecule has 0 spiro atoms. The van der Waals surface area contributed by atoms with Gasteiger partial charge < -0.3 is 5.32 Å².